The predicted octanol–water partition coefficient (Wildman–Crippen LogP) is 2.61. The van der Waals surface area contributed by atoms with Crippen molar-refractivity contribution in [1.82, 2.24) is 10.2 Å². The number of hydrogen-bond donors (Lipinski definition) is 1. The van der Waals surface area contributed by atoms with Crippen molar-refractivity contribution in [3.63, 3.8) is 0 Å². The molecule has 1 aromatic carbocycles. The summed E-state index contributed by atoms with van der Waals surface area (Å²) in [7, 11) is 0. The number of carbonyl (C=O) groups excluding carboxylic acids is 1. The molecule has 1 spiro atoms. The van der Waals surface area contributed by atoms with E-state index in [1.54, 1.807) is 0 Å². The van der Waals surface area contributed by atoms with Crippen LogP contribution in [0.25, 0.3) is 0 Å². The molecule has 1 atom stereocenters. The maximum Gasteiger partial charge on any atom is 0.254 e. The van der Waals surface area contributed by atoms with E-state index in [4.69, 9.17) is 0 Å². The van der Waals surface area contributed by atoms with Gasteiger partial charge < -0.3 is 10.2 Å². The summed E-state index contributed by atoms with van der Waals surface area (Å²) in [5.74, 6) is 0.217. The molecule has 0 aromatic heterocycles. The van der Waals surface area contributed by atoms with Gasteiger partial charge in [-0.2, -0.15) is 0 Å². The Bertz CT molecular complexity index is 474. The molecule has 0 aliphatic carbocycles. The van der Waals surface area contributed by atoms with Crippen molar-refractivity contribution < 1.29 is 4.79 Å². The van der Waals surface area contributed by atoms with Crippen molar-refractivity contribution in [2.45, 2.75) is 44.6 Å². The second kappa shape index (κ2) is 5.57. The summed E-state index contributed by atoms with van der Waals surface area (Å²) in [5, 5.41) is 3.48. The van der Waals surface area contributed by atoms with Gasteiger partial charge in [0.2, 0.25) is 0 Å². The lowest BCUT2D eigenvalue weighted by Gasteiger charge is -2.42. The fourth-order valence-electron chi connectivity index (χ4n) is 3.69. The highest BCUT2D eigenvalue weighted by Gasteiger charge is 2.44. The third-order valence-corrected chi connectivity index (χ3v) is 4.90. The van der Waals surface area contributed by atoms with Crippen LogP contribution in [0.3, 0.4) is 0 Å². The molecule has 2 aliphatic rings. The number of aryl methyl sites for hydroxylation is 1. The van der Waals surface area contributed by atoms with Gasteiger partial charge >= 0.3 is 0 Å². The van der Waals surface area contributed by atoms with Gasteiger partial charge in [0.25, 0.3) is 5.91 Å². The van der Waals surface area contributed by atoms with E-state index in [0.717, 1.165) is 50.9 Å². The third-order valence-electron chi connectivity index (χ3n) is 4.90. The Morgan fingerprint density at radius 2 is 2.00 bits per heavy atom. The third kappa shape index (κ3) is 2.35. The first-order valence-electron chi connectivity index (χ1n) is 7.87. The standard InChI is InChI=1S/C17H24N2O/c1-2-14-5-7-15(8-6-14)16(20)19-12-4-10-17(19)9-3-11-18-13-17/h5-8,18H,2-4,9-13H2,1H3. The summed E-state index contributed by atoms with van der Waals surface area (Å²) in [5.41, 5.74) is 2.21. The monoisotopic (exact) mass is 272 g/mol. The molecule has 2 fully saturated rings. The van der Waals surface area contributed by atoms with E-state index in [0.29, 0.717) is 0 Å². The first-order chi connectivity index (χ1) is 9.75. The van der Waals surface area contributed by atoms with E-state index in [1.165, 1.54) is 12.0 Å². The molecule has 3 rings (SSSR count). The number of carbonyl (C=O) groups is 1. The molecule has 3 heteroatoms. The van der Waals surface area contributed by atoms with Crippen LogP contribution in [0, 0.1) is 0 Å². The highest BCUT2D eigenvalue weighted by molar-refractivity contribution is 5.95. The summed E-state index contributed by atoms with van der Waals surface area (Å²) in [4.78, 5) is 15.0. The zero-order valence-electron chi connectivity index (χ0n) is 12.3. The molecule has 108 valence electrons. The first-order valence-corrected chi connectivity index (χ1v) is 7.87. The lowest BCUT2D eigenvalue weighted by atomic mass is 9.87. The van der Waals surface area contributed by atoms with Crippen molar-refractivity contribution in [2.75, 3.05) is 19.6 Å². The average Bonchev–Trinajstić information content (AvgIpc) is 2.90. The van der Waals surface area contributed by atoms with Gasteiger partial charge in [-0.25, -0.2) is 0 Å². The molecular formula is C17H24N2O. The van der Waals surface area contributed by atoms with E-state index >= 15 is 0 Å². The zero-order chi connectivity index (χ0) is 14.0. The number of piperidine rings is 1. The number of nitrogens with one attached hydrogen (secondary N) is 1. The molecule has 0 radical (unpaired) electrons. The summed E-state index contributed by atoms with van der Waals surface area (Å²) < 4.78 is 0. The van der Waals surface area contributed by atoms with Gasteiger partial charge in [-0.05, 0) is 56.3 Å². The first kappa shape index (κ1) is 13.6. The number of amides is 1. The predicted molar refractivity (Wildman–Crippen MR) is 80.9 cm³/mol. The number of likely N-dealkylation sites (tertiary alicyclic amines) is 1. The van der Waals surface area contributed by atoms with Crippen LogP contribution in [0.5, 0.6) is 0 Å². The van der Waals surface area contributed by atoms with E-state index in [-0.39, 0.29) is 11.4 Å². The zero-order valence-corrected chi connectivity index (χ0v) is 12.3. The lowest BCUT2D eigenvalue weighted by molar-refractivity contribution is 0.0534. The van der Waals surface area contributed by atoms with Crippen LogP contribution in [-0.4, -0.2) is 36.0 Å². The van der Waals surface area contributed by atoms with Gasteiger partial charge in [-0.1, -0.05) is 19.1 Å². The molecule has 0 saturated carbocycles. The fourth-order valence-corrected chi connectivity index (χ4v) is 3.69. The van der Waals surface area contributed by atoms with Crippen LogP contribution in [0.1, 0.15) is 48.5 Å². The Labute approximate surface area is 121 Å². The highest BCUT2D eigenvalue weighted by Crippen LogP contribution is 2.35. The summed E-state index contributed by atoms with van der Waals surface area (Å²) in [6.07, 6.45) is 5.64. The van der Waals surface area contributed by atoms with E-state index in [2.05, 4.69) is 29.3 Å². The number of benzene rings is 1. The van der Waals surface area contributed by atoms with Gasteiger partial charge in [-0.3, -0.25) is 4.79 Å². The minimum Gasteiger partial charge on any atom is -0.332 e. The average molecular weight is 272 g/mol. The SMILES string of the molecule is CCc1ccc(C(=O)N2CCCC23CCCNC3)cc1. The molecule has 1 N–H and O–H groups in total. The molecule has 2 heterocycles. The number of hydrogen-bond acceptors (Lipinski definition) is 2. The molecule has 1 unspecified atom stereocenters. The van der Waals surface area contributed by atoms with Crippen molar-refractivity contribution in [1.29, 1.82) is 0 Å². The Kier molecular flexibility index (Phi) is 3.79. The summed E-state index contributed by atoms with van der Waals surface area (Å²) >= 11 is 0. The molecular weight excluding hydrogens is 248 g/mol. The van der Waals surface area contributed by atoms with Gasteiger partial charge in [0.15, 0.2) is 0 Å². The number of rotatable bonds is 2. The van der Waals surface area contributed by atoms with Crippen LogP contribution in [-0.2, 0) is 6.42 Å². The molecule has 2 saturated heterocycles. The maximum atomic E-state index is 12.8. The Morgan fingerprint density at radius 1 is 1.25 bits per heavy atom. The minimum atomic E-state index is 0.0821. The highest BCUT2D eigenvalue weighted by atomic mass is 16.2. The van der Waals surface area contributed by atoms with Crippen molar-refractivity contribution in [3.8, 4) is 0 Å². The van der Waals surface area contributed by atoms with Crippen molar-refractivity contribution >= 4 is 5.91 Å². The molecule has 1 aromatic rings. The van der Waals surface area contributed by atoms with Crippen molar-refractivity contribution in [2.24, 2.45) is 0 Å². The van der Waals surface area contributed by atoms with Crippen LogP contribution in [0.2, 0.25) is 0 Å². The molecule has 20 heavy (non-hydrogen) atoms. The maximum absolute atomic E-state index is 12.8. The second-order valence-corrected chi connectivity index (χ2v) is 6.12. The minimum absolute atomic E-state index is 0.0821. The largest absolute Gasteiger partial charge is 0.332 e. The smallest absolute Gasteiger partial charge is 0.254 e. The van der Waals surface area contributed by atoms with Gasteiger partial charge in [-0.15, -0.1) is 0 Å². The summed E-state index contributed by atoms with van der Waals surface area (Å²) in [6.45, 7) is 5.11. The van der Waals surface area contributed by atoms with E-state index in [1.807, 2.05) is 12.1 Å². The molecule has 2 aliphatic heterocycles. The van der Waals surface area contributed by atoms with Crippen LogP contribution in [0.4, 0.5) is 0 Å². The Balaban J connectivity index is 1.81. The molecule has 0 bridgehead atoms. The van der Waals surface area contributed by atoms with Gasteiger partial charge in [0.05, 0.1) is 5.54 Å². The Hall–Kier alpha value is -1.35. The van der Waals surface area contributed by atoms with Gasteiger partial charge in [0, 0.05) is 18.7 Å². The lowest BCUT2D eigenvalue weighted by Crippen LogP contribution is -2.56. The quantitative estimate of drug-likeness (QED) is 0.897. The van der Waals surface area contributed by atoms with Crippen LogP contribution < -0.4 is 5.32 Å². The van der Waals surface area contributed by atoms with E-state index < -0.39 is 0 Å². The Morgan fingerprint density at radius 3 is 2.65 bits per heavy atom. The fraction of sp³-hybridized carbons (Fsp3) is 0.588. The van der Waals surface area contributed by atoms with Crippen molar-refractivity contribution in [3.05, 3.63) is 35.4 Å². The molecule has 3 nitrogen and oxygen atoms in total. The normalized spacial score (nSPS) is 26.1. The second-order valence-electron chi connectivity index (χ2n) is 6.12. The van der Waals surface area contributed by atoms with Crippen LogP contribution >= 0.6 is 0 Å². The summed E-state index contributed by atoms with van der Waals surface area (Å²) in [6, 6.07) is 8.14. The van der Waals surface area contributed by atoms with Gasteiger partial charge in [0.1, 0.15) is 0 Å². The topological polar surface area (TPSA) is 32.3 Å². The van der Waals surface area contributed by atoms with E-state index in [9.17, 15) is 4.79 Å². The van der Waals surface area contributed by atoms with Crippen LogP contribution in [0.15, 0.2) is 24.3 Å². The molecule has 1 amide bonds. The number of nitrogens with zero attached hydrogens (tertiary/aromatic N) is 1.